The van der Waals surface area contributed by atoms with E-state index in [-0.39, 0.29) is 5.91 Å². The zero-order chi connectivity index (χ0) is 15.0. The SMILES string of the molecule is CCOc1ccccc1C(=O)NC(=S)NCC(C)CC. The Hall–Kier alpha value is -1.62. The van der Waals surface area contributed by atoms with Crippen molar-refractivity contribution in [3.05, 3.63) is 29.8 Å². The summed E-state index contributed by atoms with van der Waals surface area (Å²) in [5.74, 6) is 0.827. The first-order chi connectivity index (χ1) is 9.58. The van der Waals surface area contributed by atoms with Crippen molar-refractivity contribution in [1.29, 1.82) is 0 Å². The van der Waals surface area contributed by atoms with Gasteiger partial charge in [0.25, 0.3) is 5.91 Å². The van der Waals surface area contributed by atoms with Gasteiger partial charge in [0, 0.05) is 6.54 Å². The lowest BCUT2D eigenvalue weighted by Crippen LogP contribution is -2.41. The van der Waals surface area contributed by atoms with E-state index in [9.17, 15) is 4.79 Å². The Kier molecular flexibility index (Phi) is 7.01. The minimum Gasteiger partial charge on any atom is -0.493 e. The maximum absolute atomic E-state index is 12.1. The lowest BCUT2D eigenvalue weighted by atomic mass is 10.1. The molecule has 110 valence electrons. The van der Waals surface area contributed by atoms with Crippen LogP contribution in [-0.4, -0.2) is 24.2 Å². The topological polar surface area (TPSA) is 50.4 Å². The molecule has 1 aromatic rings. The molecular weight excluding hydrogens is 272 g/mol. The van der Waals surface area contributed by atoms with Gasteiger partial charge in [0.2, 0.25) is 0 Å². The van der Waals surface area contributed by atoms with E-state index in [1.54, 1.807) is 18.2 Å². The molecule has 5 heteroatoms. The minimum atomic E-state index is -0.254. The molecule has 1 unspecified atom stereocenters. The highest BCUT2D eigenvalue weighted by molar-refractivity contribution is 7.80. The molecular formula is C15H22N2O2S. The minimum absolute atomic E-state index is 0.254. The molecule has 0 aliphatic rings. The molecule has 0 aliphatic heterocycles. The lowest BCUT2D eigenvalue weighted by Gasteiger charge is -2.14. The number of thiocarbonyl (C=S) groups is 1. The van der Waals surface area contributed by atoms with Gasteiger partial charge in [0.05, 0.1) is 12.2 Å². The Morgan fingerprint density at radius 1 is 1.35 bits per heavy atom. The van der Waals surface area contributed by atoms with Crippen molar-refractivity contribution in [2.24, 2.45) is 5.92 Å². The first-order valence-corrected chi connectivity index (χ1v) is 7.30. The number of benzene rings is 1. The van der Waals surface area contributed by atoms with Gasteiger partial charge in [-0.1, -0.05) is 32.4 Å². The van der Waals surface area contributed by atoms with Crippen LogP contribution in [0, 0.1) is 5.92 Å². The smallest absolute Gasteiger partial charge is 0.261 e. The van der Waals surface area contributed by atoms with Crippen molar-refractivity contribution in [2.75, 3.05) is 13.2 Å². The van der Waals surface area contributed by atoms with Crippen molar-refractivity contribution in [3.63, 3.8) is 0 Å². The van der Waals surface area contributed by atoms with E-state index in [1.807, 2.05) is 13.0 Å². The van der Waals surface area contributed by atoms with Crippen LogP contribution in [0.1, 0.15) is 37.6 Å². The molecule has 1 rings (SSSR count). The van der Waals surface area contributed by atoms with Crippen LogP contribution in [0.3, 0.4) is 0 Å². The summed E-state index contributed by atoms with van der Waals surface area (Å²) in [5, 5.41) is 6.07. The van der Waals surface area contributed by atoms with Crippen molar-refractivity contribution >= 4 is 23.2 Å². The molecule has 1 amide bonds. The molecule has 0 heterocycles. The monoisotopic (exact) mass is 294 g/mol. The average Bonchev–Trinajstić information content (AvgIpc) is 2.45. The molecule has 0 aromatic heterocycles. The Morgan fingerprint density at radius 2 is 2.05 bits per heavy atom. The van der Waals surface area contributed by atoms with E-state index in [0.717, 1.165) is 13.0 Å². The van der Waals surface area contributed by atoms with E-state index in [1.165, 1.54) is 0 Å². The van der Waals surface area contributed by atoms with Gasteiger partial charge in [-0.05, 0) is 37.2 Å². The number of carbonyl (C=O) groups is 1. The highest BCUT2D eigenvalue weighted by atomic mass is 32.1. The number of amides is 1. The van der Waals surface area contributed by atoms with Crippen molar-refractivity contribution in [1.82, 2.24) is 10.6 Å². The number of hydrogen-bond donors (Lipinski definition) is 2. The fraction of sp³-hybridized carbons (Fsp3) is 0.467. The van der Waals surface area contributed by atoms with Gasteiger partial charge in [0.1, 0.15) is 5.75 Å². The molecule has 20 heavy (non-hydrogen) atoms. The van der Waals surface area contributed by atoms with E-state index < -0.39 is 0 Å². The number of para-hydroxylation sites is 1. The standard InChI is InChI=1S/C15H22N2O2S/c1-4-11(3)10-16-15(20)17-14(18)12-8-6-7-9-13(12)19-5-2/h6-9,11H,4-5,10H2,1-3H3,(H2,16,17,18,20). The quantitative estimate of drug-likeness (QED) is 0.792. The second-order valence-electron chi connectivity index (χ2n) is 4.61. The van der Waals surface area contributed by atoms with Gasteiger partial charge in [-0.15, -0.1) is 0 Å². The van der Waals surface area contributed by atoms with Crippen LogP contribution in [0.25, 0.3) is 0 Å². The molecule has 0 radical (unpaired) electrons. The third kappa shape index (κ3) is 5.17. The first-order valence-electron chi connectivity index (χ1n) is 6.89. The molecule has 2 N–H and O–H groups in total. The van der Waals surface area contributed by atoms with E-state index in [4.69, 9.17) is 17.0 Å². The van der Waals surface area contributed by atoms with Gasteiger partial charge in [-0.3, -0.25) is 10.1 Å². The Labute approximate surface area is 125 Å². The van der Waals surface area contributed by atoms with Gasteiger partial charge in [-0.2, -0.15) is 0 Å². The second-order valence-corrected chi connectivity index (χ2v) is 5.01. The summed E-state index contributed by atoms with van der Waals surface area (Å²) in [7, 11) is 0. The maximum atomic E-state index is 12.1. The van der Waals surface area contributed by atoms with Gasteiger partial charge < -0.3 is 10.1 Å². The Morgan fingerprint density at radius 3 is 2.70 bits per heavy atom. The molecule has 1 atom stereocenters. The predicted octanol–water partition coefficient (Wildman–Crippen LogP) is 2.74. The third-order valence-corrected chi connectivity index (χ3v) is 3.21. The molecule has 0 aliphatic carbocycles. The summed E-state index contributed by atoms with van der Waals surface area (Å²) in [5.41, 5.74) is 0.488. The van der Waals surface area contributed by atoms with E-state index >= 15 is 0 Å². The normalized spacial score (nSPS) is 11.6. The molecule has 1 aromatic carbocycles. The molecule has 0 fully saturated rings. The highest BCUT2D eigenvalue weighted by Gasteiger charge is 2.13. The average molecular weight is 294 g/mol. The first kappa shape index (κ1) is 16.4. The van der Waals surface area contributed by atoms with Crippen LogP contribution in [0.2, 0.25) is 0 Å². The Bertz CT molecular complexity index is 463. The number of hydrogen-bond acceptors (Lipinski definition) is 3. The van der Waals surface area contributed by atoms with Crippen molar-refractivity contribution < 1.29 is 9.53 Å². The van der Waals surface area contributed by atoms with E-state index in [0.29, 0.717) is 29.0 Å². The summed E-state index contributed by atoms with van der Waals surface area (Å²) in [4.78, 5) is 12.1. The Balaban J connectivity index is 2.60. The zero-order valence-electron chi connectivity index (χ0n) is 12.2. The van der Waals surface area contributed by atoms with Crippen LogP contribution >= 0.6 is 12.2 Å². The van der Waals surface area contributed by atoms with Crippen LogP contribution in [0.4, 0.5) is 0 Å². The van der Waals surface area contributed by atoms with E-state index in [2.05, 4.69) is 24.5 Å². The van der Waals surface area contributed by atoms with Gasteiger partial charge in [-0.25, -0.2) is 0 Å². The second kappa shape index (κ2) is 8.53. The maximum Gasteiger partial charge on any atom is 0.261 e. The fourth-order valence-corrected chi connectivity index (χ4v) is 1.74. The predicted molar refractivity (Wildman–Crippen MR) is 85.1 cm³/mol. The molecule has 0 bridgehead atoms. The van der Waals surface area contributed by atoms with Crippen LogP contribution in [0.5, 0.6) is 5.75 Å². The third-order valence-electron chi connectivity index (χ3n) is 2.97. The fourth-order valence-electron chi connectivity index (χ4n) is 1.56. The molecule has 0 saturated carbocycles. The number of nitrogens with one attached hydrogen (secondary N) is 2. The summed E-state index contributed by atoms with van der Waals surface area (Å²) in [6.07, 6.45) is 1.07. The zero-order valence-corrected chi connectivity index (χ0v) is 13.0. The van der Waals surface area contributed by atoms with Crippen LogP contribution in [-0.2, 0) is 0 Å². The summed E-state index contributed by atoms with van der Waals surface area (Å²) in [6.45, 7) is 7.39. The summed E-state index contributed by atoms with van der Waals surface area (Å²) >= 11 is 5.12. The van der Waals surface area contributed by atoms with Crippen LogP contribution in [0.15, 0.2) is 24.3 Å². The number of rotatable bonds is 6. The molecule has 4 nitrogen and oxygen atoms in total. The van der Waals surface area contributed by atoms with Crippen molar-refractivity contribution in [2.45, 2.75) is 27.2 Å². The number of carbonyl (C=O) groups excluding carboxylic acids is 1. The number of ether oxygens (including phenoxy) is 1. The molecule has 0 saturated heterocycles. The van der Waals surface area contributed by atoms with Crippen molar-refractivity contribution in [3.8, 4) is 5.75 Å². The summed E-state index contributed by atoms with van der Waals surface area (Å²) in [6, 6.07) is 7.12. The highest BCUT2D eigenvalue weighted by Crippen LogP contribution is 2.17. The van der Waals surface area contributed by atoms with Gasteiger partial charge in [0.15, 0.2) is 5.11 Å². The summed E-state index contributed by atoms with van der Waals surface area (Å²) < 4.78 is 5.43. The molecule has 0 spiro atoms. The van der Waals surface area contributed by atoms with Gasteiger partial charge >= 0.3 is 0 Å². The van der Waals surface area contributed by atoms with Crippen LogP contribution < -0.4 is 15.4 Å². The lowest BCUT2D eigenvalue weighted by molar-refractivity contribution is 0.0973. The largest absolute Gasteiger partial charge is 0.493 e.